The molecule has 0 spiro atoms. The monoisotopic (exact) mass is 448 g/mol. The summed E-state index contributed by atoms with van der Waals surface area (Å²) in [5.41, 5.74) is 0. The van der Waals surface area contributed by atoms with Gasteiger partial charge in [0.05, 0.1) is 0 Å². The summed E-state index contributed by atoms with van der Waals surface area (Å²) < 4.78 is 0. The fourth-order valence-corrected chi connectivity index (χ4v) is 4.17. The van der Waals surface area contributed by atoms with E-state index in [1.807, 2.05) is 0 Å². The molecule has 2 aliphatic carbocycles. The van der Waals surface area contributed by atoms with Gasteiger partial charge in [-0.25, -0.2) is 0 Å². The Morgan fingerprint density at radius 2 is 1.75 bits per heavy atom. The Hall–Kier alpha value is -0.0400. The van der Waals surface area contributed by atoms with Crippen molar-refractivity contribution in [2.24, 2.45) is 10.9 Å². The Morgan fingerprint density at radius 3 is 2.38 bits per heavy atom. The molecule has 140 valence electrons. The molecule has 0 aromatic rings. The molecule has 0 unspecified atom stereocenters. The van der Waals surface area contributed by atoms with Crippen LogP contribution in [0.2, 0.25) is 0 Å². The van der Waals surface area contributed by atoms with E-state index in [-0.39, 0.29) is 24.0 Å². The molecule has 5 heteroatoms. The number of halogens is 1. The molecule has 1 heterocycles. The summed E-state index contributed by atoms with van der Waals surface area (Å²) in [7, 11) is 0. The van der Waals surface area contributed by atoms with E-state index in [0.717, 1.165) is 31.0 Å². The van der Waals surface area contributed by atoms with Crippen molar-refractivity contribution in [3.05, 3.63) is 0 Å². The van der Waals surface area contributed by atoms with Crippen LogP contribution >= 0.6 is 24.0 Å². The highest BCUT2D eigenvalue weighted by Gasteiger charge is 2.27. The van der Waals surface area contributed by atoms with Crippen LogP contribution in [0.5, 0.6) is 0 Å². The van der Waals surface area contributed by atoms with Gasteiger partial charge in [-0.1, -0.05) is 25.7 Å². The lowest BCUT2D eigenvalue weighted by Crippen LogP contribution is -2.50. The van der Waals surface area contributed by atoms with Gasteiger partial charge in [0.15, 0.2) is 5.96 Å². The third-order valence-corrected chi connectivity index (χ3v) is 5.79. The van der Waals surface area contributed by atoms with E-state index in [4.69, 9.17) is 4.99 Å². The number of piperidine rings is 1. The molecule has 0 amide bonds. The van der Waals surface area contributed by atoms with E-state index in [2.05, 4.69) is 22.5 Å². The van der Waals surface area contributed by atoms with Crippen molar-refractivity contribution in [2.45, 2.75) is 83.2 Å². The molecule has 24 heavy (non-hydrogen) atoms. The predicted octanol–water partition coefficient (Wildman–Crippen LogP) is 3.76. The molecule has 0 atom stereocenters. The number of hydrogen-bond acceptors (Lipinski definition) is 2. The highest BCUT2D eigenvalue weighted by Crippen LogP contribution is 2.33. The van der Waals surface area contributed by atoms with Crippen LogP contribution in [0, 0.1) is 5.92 Å². The fraction of sp³-hybridized carbons (Fsp3) is 0.947. The SMILES string of the molecule is CCNC(=NCCCC1CC1)NC1CCN(C2CCCC2)CC1.I. The lowest BCUT2D eigenvalue weighted by atomic mass is 10.0. The van der Waals surface area contributed by atoms with Gasteiger partial charge < -0.3 is 15.5 Å². The number of aliphatic imine (C=N–C) groups is 1. The number of nitrogens with zero attached hydrogens (tertiary/aromatic N) is 2. The predicted molar refractivity (Wildman–Crippen MR) is 113 cm³/mol. The van der Waals surface area contributed by atoms with Crippen LogP contribution in [-0.2, 0) is 0 Å². The molecular formula is C19H37IN4. The second kappa shape index (κ2) is 10.8. The first-order valence-corrected chi connectivity index (χ1v) is 10.1. The van der Waals surface area contributed by atoms with Crippen molar-refractivity contribution in [1.29, 1.82) is 0 Å². The molecule has 2 N–H and O–H groups in total. The number of guanidine groups is 1. The van der Waals surface area contributed by atoms with Gasteiger partial charge in [0, 0.05) is 38.3 Å². The van der Waals surface area contributed by atoms with Crippen LogP contribution in [0.25, 0.3) is 0 Å². The third kappa shape index (κ3) is 6.70. The normalized spacial score (nSPS) is 24.0. The number of rotatable bonds is 7. The molecule has 0 bridgehead atoms. The van der Waals surface area contributed by atoms with E-state index in [1.54, 1.807) is 0 Å². The Bertz CT molecular complexity index is 370. The highest BCUT2D eigenvalue weighted by molar-refractivity contribution is 14.0. The first kappa shape index (κ1) is 20.3. The zero-order chi connectivity index (χ0) is 15.9. The lowest BCUT2D eigenvalue weighted by Gasteiger charge is -2.36. The molecule has 1 saturated heterocycles. The van der Waals surface area contributed by atoms with E-state index < -0.39 is 0 Å². The van der Waals surface area contributed by atoms with Crippen molar-refractivity contribution in [2.75, 3.05) is 26.2 Å². The Balaban J connectivity index is 0.00000208. The zero-order valence-electron chi connectivity index (χ0n) is 15.4. The van der Waals surface area contributed by atoms with Crippen LogP contribution in [0.1, 0.15) is 71.1 Å². The van der Waals surface area contributed by atoms with Crippen LogP contribution < -0.4 is 10.6 Å². The quantitative estimate of drug-likeness (QED) is 0.270. The third-order valence-electron chi connectivity index (χ3n) is 5.79. The van der Waals surface area contributed by atoms with Crippen molar-refractivity contribution < 1.29 is 0 Å². The minimum Gasteiger partial charge on any atom is -0.357 e. The van der Waals surface area contributed by atoms with E-state index in [0.29, 0.717) is 6.04 Å². The molecule has 0 aromatic heterocycles. The van der Waals surface area contributed by atoms with E-state index in [1.165, 1.54) is 77.3 Å². The van der Waals surface area contributed by atoms with Crippen LogP contribution in [0.4, 0.5) is 0 Å². The minimum absolute atomic E-state index is 0. The Kier molecular flexibility index (Phi) is 9.16. The highest BCUT2D eigenvalue weighted by atomic mass is 127. The standard InChI is InChI=1S/C19H36N4.HI/c1-2-20-19(21-13-5-6-16-9-10-16)22-17-11-14-23(15-12-17)18-7-3-4-8-18;/h16-18H,2-15H2,1H3,(H2,20,21,22);1H. The summed E-state index contributed by atoms with van der Waals surface area (Å²) in [5, 5.41) is 7.11. The molecule has 4 nitrogen and oxygen atoms in total. The van der Waals surface area contributed by atoms with E-state index >= 15 is 0 Å². The van der Waals surface area contributed by atoms with Crippen molar-refractivity contribution in [1.82, 2.24) is 15.5 Å². The largest absolute Gasteiger partial charge is 0.357 e. The summed E-state index contributed by atoms with van der Waals surface area (Å²) in [6.45, 7) is 6.62. The summed E-state index contributed by atoms with van der Waals surface area (Å²) in [5.74, 6) is 2.07. The maximum absolute atomic E-state index is 4.78. The molecule has 2 saturated carbocycles. The van der Waals surface area contributed by atoms with E-state index in [9.17, 15) is 0 Å². The average Bonchev–Trinajstić information content (AvgIpc) is 3.23. The smallest absolute Gasteiger partial charge is 0.191 e. The maximum Gasteiger partial charge on any atom is 0.191 e. The van der Waals surface area contributed by atoms with Crippen LogP contribution in [0.3, 0.4) is 0 Å². The molecule has 3 aliphatic rings. The molecule has 0 radical (unpaired) electrons. The molecule has 0 aromatic carbocycles. The maximum atomic E-state index is 4.78. The summed E-state index contributed by atoms with van der Waals surface area (Å²) >= 11 is 0. The van der Waals surface area contributed by atoms with Gasteiger partial charge in [-0.2, -0.15) is 0 Å². The minimum atomic E-state index is 0. The van der Waals surface area contributed by atoms with Gasteiger partial charge in [-0.15, -0.1) is 24.0 Å². The molecule has 3 rings (SSSR count). The molecular weight excluding hydrogens is 411 g/mol. The van der Waals surface area contributed by atoms with Gasteiger partial charge >= 0.3 is 0 Å². The number of hydrogen-bond donors (Lipinski definition) is 2. The summed E-state index contributed by atoms with van der Waals surface area (Å²) in [4.78, 5) is 7.53. The first-order chi connectivity index (χ1) is 11.3. The summed E-state index contributed by atoms with van der Waals surface area (Å²) in [6.07, 6.45) is 13.8. The topological polar surface area (TPSA) is 39.7 Å². The van der Waals surface area contributed by atoms with Gasteiger partial charge in [0.25, 0.3) is 0 Å². The van der Waals surface area contributed by atoms with Crippen molar-refractivity contribution in [3.8, 4) is 0 Å². The Labute approximate surface area is 165 Å². The van der Waals surface area contributed by atoms with Gasteiger partial charge in [-0.05, 0) is 51.4 Å². The average molecular weight is 448 g/mol. The molecule has 3 fully saturated rings. The second-order valence-electron chi connectivity index (χ2n) is 7.74. The fourth-order valence-electron chi connectivity index (χ4n) is 4.17. The first-order valence-electron chi connectivity index (χ1n) is 10.1. The van der Waals surface area contributed by atoms with Crippen LogP contribution in [-0.4, -0.2) is 49.1 Å². The van der Waals surface area contributed by atoms with Gasteiger partial charge in [0.1, 0.15) is 0 Å². The number of likely N-dealkylation sites (tertiary alicyclic amines) is 1. The lowest BCUT2D eigenvalue weighted by molar-refractivity contribution is 0.150. The summed E-state index contributed by atoms with van der Waals surface area (Å²) in [6, 6.07) is 1.49. The zero-order valence-corrected chi connectivity index (χ0v) is 17.8. The van der Waals surface area contributed by atoms with Gasteiger partial charge in [0.2, 0.25) is 0 Å². The Morgan fingerprint density at radius 1 is 1.04 bits per heavy atom. The second-order valence-corrected chi connectivity index (χ2v) is 7.74. The van der Waals surface area contributed by atoms with Crippen molar-refractivity contribution >= 4 is 29.9 Å². The van der Waals surface area contributed by atoms with Crippen molar-refractivity contribution in [3.63, 3.8) is 0 Å². The number of nitrogens with one attached hydrogen (secondary N) is 2. The van der Waals surface area contributed by atoms with Gasteiger partial charge in [-0.3, -0.25) is 4.99 Å². The molecule has 1 aliphatic heterocycles. The van der Waals surface area contributed by atoms with Crippen LogP contribution in [0.15, 0.2) is 4.99 Å².